The van der Waals surface area contributed by atoms with Crippen LogP contribution in [0.2, 0.25) is 0 Å². The second-order valence-electron chi connectivity index (χ2n) is 6.46. The first-order valence-corrected chi connectivity index (χ1v) is 8.73. The van der Waals surface area contributed by atoms with E-state index in [2.05, 4.69) is 18.9 Å². The summed E-state index contributed by atoms with van der Waals surface area (Å²) in [6.45, 7) is 5.48. The Kier molecular flexibility index (Phi) is 9.68. The maximum absolute atomic E-state index is 11.1. The van der Waals surface area contributed by atoms with Crippen molar-refractivity contribution in [2.45, 2.75) is 70.8 Å². The molecule has 0 heterocycles. The zero-order chi connectivity index (χ0) is 15.5. The van der Waals surface area contributed by atoms with Crippen LogP contribution in [0.15, 0.2) is 0 Å². The first kappa shape index (κ1) is 18.4. The summed E-state index contributed by atoms with van der Waals surface area (Å²) >= 11 is 0. The molecule has 0 radical (unpaired) electrons. The van der Waals surface area contributed by atoms with Crippen LogP contribution in [0.4, 0.5) is 0 Å². The molecular weight excluding hydrogens is 264 g/mol. The molecule has 1 aliphatic rings. The third-order valence-corrected chi connectivity index (χ3v) is 4.51. The Hall–Kier alpha value is -0.610. The number of nitrogens with zero attached hydrogens (tertiary/aromatic N) is 1. The first-order valence-electron chi connectivity index (χ1n) is 8.73. The van der Waals surface area contributed by atoms with Crippen LogP contribution >= 0.6 is 0 Å². The number of carbonyl (C=O) groups is 1. The van der Waals surface area contributed by atoms with Gasteiger partial charge < -0.3 is 15.4 Å². The molecule has 0 atom stereocenters. The monoisotopic (exact) mass is 298 g/mol. The van der Waals surface area contributed by atoms with Crippen molar-refractivity contribution in [3.05, 3.63) is 0 Å². The highest BCUT2D eigenvalue weighted by atomic mass is 16.5. The van der Waals surface area contributed by atoms with Gasteiger partial charge in [0, 0.05) is 12.5 Å². The summed E-state index contributed by atoms with van der Waals surface area (Å²) in [5, 5.41) is 0. The minimum Gasteiger partial charge on any atom is -0.378 e. The number of amides is 1. The van der Waals surface area contributed by atoms with Crippen molar-refractivity contribution < 1.29 is 9.53 Å². The molecule has 0 aromatic carbocycles. The summed E-state index contributed by atoms with van der Waals surface area (Å²) in [5.41, 5.74) is 5.34. The molecule has 0 aromatic rings. The normalized spacial score (nSPS) is 22.6. The Labute approximate surface area is 130 Å². The van der Waals surface area contributed by atoms with Gasteiger partial charge in [0.15, 0.2) is 0 Å². The summed E-state index contributed by atoms with van der Waals surface area (Å²) < 4.78 is 5.92. The lowest BCUT2D eigenvalue weighted by Gasteiger charge is -2.26. The van der Waals surface area contributed by atoms with Crippen LogP contribution in [-0.2, 0) is 9.53 Å². The van der Waals surface area contributed by atoms with Gasteiger partial charge in [-0.1, -0.05) is 19.8 Å². The van der Waals surface area contributed by atoms with E-state index in [1.807, 2.05) is 0 Å². The van der Waals surface area contributed by atoms with Crippen molar-refractivity contribution in [3.8, 4) is 0 Å². The standard InChI is InChI=1S/C17H34N2O2/c1-3-4-5-12-19(2)13-6-7-14-21-16-10-8-15(9-11-16)17(18)20/h15-16H,3-14H2,1-2H3,(H2,18,20)/t15-,16-. The minimum absolute atomic E-state index is 0.0848. The second-order valence-corrected chi connectivity index (χ2v) is 6.46. The molecule has 1 rings (SSSR count). The van der Waals surface area contributed by atoms with E-state index in [1.54, 1.807) is 0 Å². The number of nitrogens with two attached hydrogens (primary N) is 1. The highest BCUT2D eigenvalue weighted by molar-refractivity contribution is 5.76. The average Bonchev–Trinajstić information content (AvgIpc) is 2.47. The molecule has 124 valence electrons. The van der Waals surface area contributed by atoms with Crippen molar-refractivity contribution in [2.24, 2.45) is 11.7 Å². The summed E-state index contributed by atoms with van der Waals surface area (Å²) in [4.78, 5) is 13.5. The lowest BCUT2D eigenvalue weighted by Crippen LogP contribution is -2.30. The van der Waals surface area contributed by atoms with Gasteiger partial charge in [0.05, 0.1) is 6.10 Å². The van der Waals surface area contributed by atoms with Crippen LogP contribution < -0.4 is 5.73 Å². The van der Waals surface area contributed by atoms with Gasteiger partial charge >= 0.3 is 0 Å². The van der Waals surface area contributed by atoms with Crippen molar-refractivity contribution in [2.75, 3.05) is 26.7 Å². The number of ether oxygens (including phenoxy) is 1. The number of primary amides is 1. The van der Waals surface area contributed by atoms with Crippen molar-refractivity contribution >= 4 is 5.91 Å². The topological polar surface area (TPSA) is 55.6 Å². The highest BCUT2D eigenvalue weighted by Crippen LogP contribution is 2.25. The number of carbonyl (C=O) groups excluding carboxylic acids is 1. The predicted molar refractivity (Wildman–Crippen MR) is 87.1 cm³/mol. The van der Waals surface area contributed by atoms with Gasteiger partial charge in [-0.3, -0.25) is 4.79 Å². The molecular formula is C17H34N2O2. The molecule has 4 heteroatoms. The molecule has 0 saturated heterocycles. The Bertz CT molecular complexity index is 276. The third-order valence-electron chi connectivity index (χ3n) is 4.51. The number of hydrogen-bond donors (Lipinski definition) is 1. The van der Waals surface area contributed by atoms with Crippen LogP contribution in [0.5, 0.6) is 0 Å². The lowest BCUT2D eigenvalue weighted by atomic mass is 9.87. The smallest absolute Gasteiger partial charge is 0.220 e. The number of rotatable bonds is 11. The van der Waals surface area contributed by atoms with Crippen LogP contribution in [0.3, 0.4) is 0 Å². The first-order chi connectivity index (χ1) is 10.1. The molecule has 4 nitrogen and oxygen atoms in total. The zero-order valence-electron chi connectivity index (χ0n) is 14.0. The minimum atomic E-state index is -0.139. The lowest BCUT2D eigenvalue weighted by molar-refractivity contribution is -0.123. The molecule has 1 amide bonds. The Morgan fingerprint density at radius 2 is 1.71 bits per heavy atom. The largest absolute Gasteiger partial charge is 0.378 e. The summed E-state index contributed by atoms with van der Waals surface area (Å²) in [7, 11) is 2.21. The van der Waals surface area contributed by atoms with Crippen LogP contribution in [-0.4, -0.2) is 43.7 Å². The number of hydrogen-bond acceptors (Lipinski definition) is 3. The summed E-state index contributed by atoms with van der Waals surface area (Å²) in [5.74, 6) is -0.0545. The van der Waals surface area contributed by atoms with E-state index in [0.717, 1.165) is 38.7 Å². The molecule has 1 fully saturated rings. The molecule has 1 saturated carbocycles. The van der Waals surface area contributed by atoms with Crippen molar-refractivity contribution in [1.29, 1.82) is 0 Å². The fourth-order valence-electron chi connectivity index (χ4n) is 2.99. The molecule has 21 heavy (non-hydrogen) atoms. The van der Waals surface area contributed by atoms with E-state index in [-0.39, 0.29) is 11.8 Å². The van der Waals surface area contributed by atoms with E-state index in [4.69, 9.17) is 10.5 Å². The molecule has 0 unspecified atom stereocenters. The summed E-state index contributed by atoms with van der Waals surface area (Å²) in [6.07, 6.45) is 10.4. The number of unbranched alkanes of at least 4 members (excludes halogenated alkanes) is 3. The SMILES string of the molecule is CCCCCN(C)CCCCO[C@H]1CC[C@H](C(N)=O)CC1. The molecule has 0 aliphatic heterocycles. The van der Waals surface area contributed by atoms with Gasteiger partial charge in [-0.15, -0.1) is 0 Å². The molecule has 1 aliphatic carbocycles. The van der Waals surface area contributed by atoms with E-state index < -0.39 is 0 Å². The van der Waals surface area contributed by atoms with Gasteiger partial charge in [-0.2, -0.15) is 0 Å². The predicted octanol–water partition coefficient (Wildman–Crippen LogP) is 2.95. The van der Waals surface area contributed by atoms with E-state index in [0.29, 0.717) is 6.10 Å². The van der Waals surface area contributed by atoms with Crippen molar-refractivity contribution in [3.63, 3.8) is 0 Å². The van der Waals surface area contributed by atoms with Crippen LogP contribution in [0, 0.1) is 5.92 Å². The Balaban J connectivity index is 1.94. The van der Waals surface area contributed by atoms with Crippen molar-refractivity contribution in [1.82, 2.24) is 4.90 Å². The van der Waals surface area contributed by atoms with Crippen LogP contribution in [0.25, 0.3) is 0 Å². The van der Waals surface area contributed by atoms with E-state index >= 15 is 0 Å². The maximum atomic E-state index is 11.1. The van der Waals surface area contributed by atoms with Crippen LogP contribution in [0.1, 0.15) is 64.7 Å². The zero-order valence-corrected chi connectivity index (χ0v) is 14.0. The van der Waals surface area contributed by atoms with Gasteiger partial charge in [-0.05, 0) is 65.1 Å². The van der Waals surface area contributed by atoms with Gasteiger partial charge in [0.2, 0.25) is 5.91 Å². The molecule has 0 bridgehead atoms. The summed E-state index contributed by atoms with van der Waals surface area (Å²) in [6, 6.07) is 0. The van der Waals surface area contributed by atoms with E-state index in [1.165, 1.54) is 38.8 Å². The highest BCUT2D eigenvalue weighted by Gasteiger charge is 2.24. The Morgan fingerprint density at radius 1 is 1.10 bits per heavy atom. The third kappa shape index (κ3) is 8.42. The Morgan fingerprint density at radius 3 is 2.29 bits per heavy atom. The fourth-order valence-corrected chi connectivity index (χ4v) is 2.99. The molecule has 0 aromatic heterocycles. The maximum Gasteiger partial charge on any atom is 0.220 e. The van der Waals surface area contributed by atoms with Gasteiger partial charge in [-0.25, -0.2) is 0 Å². The van der Waals surface area contributed by atoms with Gasteiger partial charge in [0.25, 0.3) is 0 Å². The average molecular weight is 298 g/mol. The van der Waals surface area contributed by atoms with Gasteiger partial charge in [0.1, 0.15) is 0 Å². The molecule has 0 spiro atoms. The molecule has 2 N–H and O–H groups in total. The van der Waals surface area contributed by atoms with E-state index in [9.17, 15) is 4.79 Å². The fraction of sp³-hybridized carbons (Fsp3) is 0.941. The quantitative estimate of drug-likeness (QED) is 0.597. The second kappa shape index (κ2) is 11.0.